The SMILES string of the molecule is Nc1cnn(CCSc2nnnn2-c2ccccc2)c1. The molecule has 0 saturated carbocycles. The molecule has 102 valence electrons. The highest BCUT2D eigenvalue weighted by molar-refractivity contribution is 7.99. The first kappa shape index (κ1) is 12.7. The molecule has 0 fully saturated rings. The number of hydrogen-bond acceptors (Lipinski definition) is 6. The van der Waals surface area contributed by atoms with Crippen LogP contribution in [0.3, 0.4) is 0 Å². The second-order valence-electron chi connectivity index (χ2n) is 4.09. The normalized spacial score (nSPS) is 10.8. The maximum absolute atomic E-state index is 5.62. The molecule has 3 rings (SSSR count). The average Bonchev–Trinajstić information content (AvgIpc) is 3.09. The van der Waals surface area contributed by atoms with Crippen molar-refractivity contribution in [2.75, 3.05) is 11.5 Å². The van der Waals surface area contributed by atoms with Crippen LogP contribution in [0.2, 0.25) is 0 Å². The van der Waals surface area contributed by atoms with E-state index in [1.807, 2.05) is 30.3 Å². The maximum Gasteiger partial charge on any atom is 0.214 e. The van der Waals surface area contributed by atoms with Crippen molar-refractivity contribution in [2.24, 2.45) is 0 Å². The third-order valence-electron chi connectivity index (χ3n) is 2.65. The lowest BCUT2D eigenvalue weighted by atomic mass is 10.3. The predicted molar refractivity (Wildman–Crippen MR) is 76.5 cm³/mol. The first-order chi connectivity index (χ1) is 9.83. The predicted octanol–water partition coefficient (Wildman–Crippen LogP) is 1.23. The molecule has 0 aliphatic heterocycles. The molecule has 0 radical (unpaired) electrons. The molecule has 7 nitrogen and oxygen atoms in total. The zero-order valence-corrected chi connectivity index (χ0v) is 11.4. The fraction of sp³-hybridized carbons (Fsp3) is 0.167. The summed E-state index contributed by atoms with van der Waals surface area (Å²) in [7, 11) is 0. The molecule has 2 aromatic heterocycles. The Morgan fingerprint density at radius 1 is 1.20 bits per heavy atom. The number of thioether (sulfide) groups is 1. The molecule has 0 atom stereocenters. The Labute approximate surface area is 119 Å². The minimum absolute atomic E-state index is 0.670. The van der Waals surface area contributed by atoms with E-state index in [0.717, 1.165) is 23.1 Å². The van der Waals surface area contributed by atoms with Crippen LogP contribution in [-0.2, 0) is 6.54 Å². The Kier molecular flexibility index (Phi) is 3.64. The van der Waals surface area contributed by atoms with Gasteiger partial charge in [-0.05, 0) is 22.6 Å². The van der Waals surface area contributed by atoms with Gasteiger partial charge in [0.25, 0.3) is 0 Å². The molecular weight excluding hydrogens is 274 g/mol. The summed E-state index contributed by atoms with van der Waals surface area (Å²) in [4.78, 5) is 0. The van der Waals surface area contributed by atoms with Gasteiger partial charge in [-0.2, -0.15) is 9.78 Å². The Morgan fingerprint density at radius 3 is 2.80 bits per heavy atom. The number of hydrogen-bond donors (Lipinski definition) is 1. The van der Waals surface area contributed by atoms with Crippen molar-refractivity contribution < 1.29 is 0 Å². The number of nitrogen functional groups attached to an aromatic ring is 1. The lowest BCUT2D eigenvalue weighted by Gasteiger charge is -2.04. The Bertz CT molecular complexity index is 676. The van der Waals surface area contributed by atoms with Gasteiger partial charge in [-0.1, -0.05) is 30.0 Å². The Morgan fingerprint density at radius 2 is 2.05 bits per heavy atom. The van der Waals surface area contributed by atoms with Crippen LogP contribution in [0.1, 0.15) is 0 Å². The van der Waals surface area contributed by atoms with Crippen LogP contribution in [0.25, 0.3) is 5.69 Å². The van der Waals surface area contributed by atoms with Crippen LogP contribution in [0.4, 0.5) is 5.69 Å². The first-order valence-electron chi connectivity index (χ1n) is 6.07. The van der Waals surface area contributed by atoms with E-state index in [0.29, 0.717) is 5.69 Å². The lowest BCUT2D eigenvalue weighted by molar-refractivity contribution is 0.665. The number of benzene rings is 1. The number of anilines is 1. The van der Waals surface area contributed by atoms with E-state index in [4.69, 9.17) is 5.73 Å². The summed E-state index contributed by atoms with van der Waals surface area (Å²) in [5, 5.41) is 16.7. The van der Waals surface area contributed by atoms with E-state index in [1.54, 1.807) is 33.5 Å². The van der Waals surface area contributed by atoms with E-state index in [9.17, 15) is 0 Å². The smallest absolute Gasteiger partial charge is 0.214 e. The molecule has 0 amide bonds. The fourth-order valence-electron chi connectivity index (χ4n) is 1.73. The van der Waals surface area contributed by atoms with Gasteiger partial charge in [0.1, 0.15) is 0 Å². The zero-order chi connectivity index (χ0) is 13.8. The summed E-state index contributed by atoms with van der Waals surface area (Å²) in [5.41, 5.74) is 7.24. The number of para-hydroxylation sites is 1. The van der Waals surface area contributed by atoms with Gasteiger partial charge < -0.3 is 5.73 Å². The van der Waals surface area contributed by atoms with E-state index >= 15 is 0 Å². The van der Waals surface area contributed by atoms with Crippen LogP contribution < -0.4 is 5.73 Å². The minimum atomic E-state index is 0.670. The summed E-state index contributed by atoms with van der Waals surface area (Å²) < 4.78 is 3.53. The van der Waals surface area contributed by atoms with Crippen molar-refractivity contribution in [3.05, 3.63) is 42.7 Å². The van der Waals surface area contributed by atoms with Gasteiger partial charge in [0.2, 0.25) is 5.16 Å². The molecular formula is C12H13N7S. The molecule has 0 aliphatic rings. The summed E-state index contributed by atoms with van der Waals surface area (Å²) in [6, 6.07) is 9.81. The number of nitrogens with two attached hydrogens (primary N) is 1. The van der Waals surface area contributed by atoms with Crippen molar-refractivity contribution in [2.45, 2.75) is 11.7 Å². The molecule has 1 aromatic carbocycles. The highest BCUT2D eigenvalue weighted by atomic mass is 32.2. The monoisotopic (exact) mass is 287 g/mol. The van der Waals surface area contributed by atoms with E-state index in [1.165, 1.54) is 0 Å². The van der Waals surface area contributed by atoms with Gasteiger partial charge >= 0.3 is 0 Å². The number of tetrazole rings is 1. The number of rotatable bonds is 5. The first-order valence-corrected chi connectivity index (χ1v) is 7.06. The zero-order valence-electron chi connectivity index (χ0n) is 10.6. The molecule has 0 bridgehead atoms. The lowest BCUT2D eigenvalue weighted by Crippen LogP contribution is -2.03. The second-order valence-corrected chi connectivity index (χ2v) is 5.16. The minimum Gasteiger partial charge on any atom is -0.396 e. The standard InChI is InChI=1S/C12H13N7S/c13-10-8-14-18(9-10)6-7-20-12-15-16-17-19(12)11-4-2-1-3-5-11/h1-5,8-9H,6-7,13H2. The molecule has 0 saturated heterocycles. The maximum atomic E-state index is 5.62. The average molecular weight is 287 g/mol. The highest BCUT2D eigenvalue weighted by Gasteiger charge is 2.08. The summed E-state index contributed by atoms with van der Waals surface area (Å²) >= 11 is 1.58. The molecule has 0 aliphatic carbocycles. The van der Waals surface area contributed by atoms with Crippen LogP contribution in [0, 0.1) is 0 Å². The van der Waals surface area contributed by atoms with Gasteiger partial charge in [0.05, 0.1) is 24.1 Å². The van der Waals surface area contributed by atoms with Crippen molar-refractivity contribution >= 4 is 17.4 Å². The third kappa shape index (κ3) is 2.80. The van der Waals surface area contributed by atoms with Crippen LogP contribution in [-0.4, -0.2) is 35.7 Å². The quantitative estimate of drug-likeness (QED) is 0.710. The molecule has 2 heterocycles. The van der Waals surface area contributed by atoms with E-state index < -0.39 is 0 Å². The molecule has 0 unspecified atom stereocenters. The second kappa shape index (κ2) is 5.74. The van der Waals surface area contributed by atoms with E-state index in [2.05, 4.69) is 20.6 Å². The number of nitrogens with zero attached hydrogens (tertiary/aromatic N) is 6. The number of aromatic nitrogens is 6. The van der Waals surface area contributed by atoms with Gasteiger partial charge in [-0.25, -0.2) is 0 Å². The van der Waals surface area contributed by atoms with Gasteiger partial charge in [0.15, 0.2) is 0 Å². The Hall–Kier alpha value is -2.35. The van der Waals surface area contributed by atoms with Crippen molar-refractivity contribution in [1.82, 2.24) is 30.0 Å². The van der Waals surface area contributed by atoms with Crippen LogP contribution >= 0.6 is 11.8 Å². The van der Waals surface area contributed by atoms with Crippen molar-refractivity contribution in [3.8, 4) is 5.69 Å². The summed E-state index contributed by atoms with van der Waals surface area (Å²) in [6.07, 6.45) is 3.44. The van der Waals surface area contributed by atoms with Crippen LogP contribution in [0.15, 0.2) is 47.9 Å². The fourth-order valence-corrected chi connectivity index (χ4v) is 2.55. The largest absolute Gasteiger partial charge is 0.396 e. The summed E-state index contributed by atoms with van der Waals surface area (Å²) in [5.74, 6) is 0.814. The number of aryl methyl sites for hydroxylation is 1. The van der Waals surface area contributed by atoms with Gasteiger partial charge in [0, 0.05) is 11.9 Å². The van der Waals surface area contributed by atoms with Crippen molar-refractivity contribution in [3.63, 3.8) is 0 Å². The van der Waals surface area contributed by atoms with E-state index in [-0.39, 0.29) is 0 Å². The van der Waals surface area contributed by atoms with Gasteiger partial charge in [-0.15, -0.1) is 5.10 Å². The third-order valence-corrected chi connectivity index (χ3v) is 3.55. The van der Waals surface area contributed by atoms with Crippen molar-refractivity contribution in [1.29, 1.82) is 0 Å². The molecule has 8 heteroatoms. The topological polar surface area (TPSA) is 87.4 Å². The Balaban J connectivity index is 1.65. The molecule has 20 heavy (non-hydrogen) atoms. The van der Waals surface area contributed by atoms with Crippen LogP contribution in [0.5, 0.6) is 0 Å². The summed E-state index contributed by atoms with van der Waals surface area (Å²) in [6.45, 7) is 0.753. The van der Waals surface area contributed by atoms with Gasteiger partial charge in [-0.3, -0.25) is 4.68 Å². The molecule has 0 spiro atoms. The molecule has 3 aromatic rings. The highest BCUT2D eigenvalue weighted by Crippen LogP contribution is 2.18. The molecule has 2 N–H and O–H groups in total.